The molecule has 1 unspecified atom stereocenters. The second-order valence-corrected chi connectivity index (χ2v) is 6.57. The monoisotopic (exact) mass is 308 g/mol. The minimum atomic E-state index is 0.684. The van der Waals surface area contributed by atoms with Gasteiger partial charge in [-0.2, -0.15) is 12.6 Å². The lowest BCUT2D eigenvalue weighted by Crippen LogP contribution is -2.05. The summed E-state index contributed by atoms with van der Waals surface area (Å²) in [5.74, 6) is 0.785. The Labute approximate surface area is 133 Å². The van der Waals surface area contributed by atoms with E-state index in [2.05, 4.69) is 91.5 Å². The Morgan fingerprint density at radius 3 is 2.10 bits per heavy atom. The van der Waals surface area contributed by atoms with Gasteiger partial charge < -0.3 is 0 Å². The Bertz CT molecular complexity index is 705. The highest BCUT2D eigenvalue weighted by atomic mass is 32.1. The molecule has 0 saturated carbocycles. The average molecular weight is 308 g/mol. The zero-order valence-electron chi connectivity index (χ0n) is 11.7. The Morgan fingerprint density at radius 2 is 1.38 bits per heavy atom. The van der Waals surface area contributed by atoms with Crippen molar-refractivity contribution in [3.8, 4) is 11.1 Å². The van der Waals surface area contributed by atoms with E-state index in [0.717, 1.165) is 5.75 Å². The number of rotatable bonds is 4. The minimum absolute atomic E-state index is 0.684. The zero-order valence-corrected chi connectivity index (χ0v) is 13.6. The molecule has 21 heavy (non-hydrogen) atoms. The molecule has 0 bridgehead atoms. The first kappa shape index (κ1) is 14.4. The van der Waals surface area contributed by atoms with Gasteiger partial charge in [0.05, 0.1) is 0 Å². The summed E-state index contributed by atoms with van der Waals surface area (Å²) in [5.41, 5.74) is 3.86. The van der Waals surface area contributed by atoms with E-state index in [0.29, 0.717) is 8.58 Å². The third kappa shape index (κ3) is 3.56. The quantitative estimate of drug-likeness (QED) is 0.535. The fourth-order valence-electron chi connectivity index (χ4n) is 2.31. The van der Waals surface area contributed by atoms with Crippen LogP contribution in [-0.4, -0.2) is 0 Å². The van der Waals surface area contributed by atoms with Crippen molar-refractivity contribution in [2.45, 2.75) is 5.75 Å². The van der Waals surface area contributed by atoms with Crippen LogP contribution in [0.4, 0.5) is 0 Å². The summed E-state index contributed by atoms with van der Waals surface area (Å²) in [4.78, 5) is 0. The Morgan fingerprint density at radius 1 is 0.714 bits per heavy atom. The lowest BCUT2D eigenvalue weighted by Gasteiger charge is -2.10. The molecule has 3 aromatic carbocycles. The van der Waals surface area contributed by atoms with Crippen LogP contribution in [0.15, 0.2) is 78.9 Å². The maximum atomic E-state index is 4.32. The molecule has 2 heteroatoms. The molecule has 104 valence electrons. The molecule has 0 aliphatic rings. The number of thiol groups is 1. The van der Waals surface area contributed by atoms with Gasteiger partial charge in [0.25, 0.3) is 0 Å². The van der Waals surface area contributed by atoms with Crippen LogP contribution in [0.5, 0.6) is 0 Å². The third-order valence-electron chi connectivity index (χ3n) is 3.43. The summed E-state index contributed by atoms with van der Waals surface area (Å²) in [5, 5.41) is 2.76. The molecular weight excluding hydrogens is 291 g/mol. The second-order valence-electron chi connectivity index (χ2n) is 4.89. The molecule has 0 nitrogen and oxygen atoms in total. The molecule has 0 N–H and O–H groups in total. The highest BCUT2D eigenvalue weighted by molar-refractivity contribution is 7.79. The summed E-state index contributed by atoms with van der Waals surface area (Å²) < 4.78 is 0. The Balaban J connectivity index is 1.95. The van der Waals surface area contributed by atoms with Crippen molar-refractivity contribution >= 4 is 31.8 Å². The first-order valence-electron chi connectivity index (χ1n) is 6.98. The van der Waals surface area contributed by atoms with Crippen molar-refractivity contribution < 1.29 is 0 Å². The van der Waals surface area contributed by atoms with Gasteiger partial charge in [-0.05, 0) is 27.3 Å². The lowest BCUT2D eigenvalue weighted by molar-refractivity contribution is 1.43. The van der Waals surface area contributed by atoms with E-state index in [1.165, 1.54) is 27.3 Å². The summed E-state index contributed by atoms with van der Waals surface area (Å²) in [6.45, 7) is 0. The molecule has 0 aliphatic carbocycles. The average Bonchev–Trinajstić information content (AvgIpc) is 2.56. The molecule has 0 fully saturated rings. The SMILES string of the molecule is SCc1ccc(-c2ccccc2Pc2ccccc2)cc1. The van der Waals surface area contributed by atoms with E-state index in [1.54, 1.807) is 0 Å². The fourth-order valence-corrected chi connectivity index (χ4v) is 3.73. The Kier molecular flexibility index (Phi) is 4.75. The van der Waals surface area contributed by atoms with Gasteiger partial charge in [-0.1, -0.05) is 87.4 Å². The van der Waals surface area contributed by atoms with Crippen molar-refractivity contribution in [2.75, 3.05) is 0 Å². The predicted octanol–water partition coefficient (Wildman–Crippen LogP) is 4.41. The van der Waals surface area contributed by atoms with E-state index in [-0.39, 0.29) is 0 Å². The molecule has 0 saturated heterocycles. The molecule has 0 heterocycles. The standard InChI is InChI=1S/C19H17PS/c21-14-15-10-12-16(13-11-15)18-8-4-5-9-19(18)20-17-6-2-1-3-7-17/h1-13,20-21H,14H2. The summed E-state index contributed by atoms with van der Waals surface area (Å²) in [6.07, 6.45) is 0. The summed E-state index contributed by atoms with van der Waals surface area (Å²) in [7, 11) is 0.684. The second kappa shape index (κ2) is 6.93. The van der Waals surface area contributed by atoms with Crippen LogP contribution in [0.25, 0.3) is 11.1 Å². The molecule has 0 spiro atoms. The largest absolute Gasteiger partial charge is 0.175 e. The molecule has 1 atom stereocenters. The van der Waals surface area contributed by atoms with Crippen LogP contribution >= 0.6 is 21.2 Å². The predicted molar refractivity (Wildman–Crippen MR) is 98.6 cm³/mol. The molecule has 0 aromatic heterocycles. The van der Waals surface area contributed by atoms with Crippen molar-refractivity contribution in [3.63, 3.8) is 0 Å². The van der Waals surface area contributed by atoms with E-state index in [1.807, 2.05) is 0 Å². The first-order valence-corrected chi connectivity index (χ1v) is 8.61. The fraction of sp³-hybridized carbons (Fsp3) is 0.0526. The molecule has 0 aliphatic heterocycles. The molecular formula is C19H17PS. The third-order valence-corrected chi connectivity index (χ3v) is 5.12. The number of benzene rings is 3. The maximum absolute atomic E-state index is 4.32. The van der Waals surface area contributed by atoms with E-state index < -0.39 is 0 Å². The van der Waals surface area contributed by atoms with Crippen LogP contribution < -0.4 is 10.6 Å². The van der Waals surface area contributed by atoms with Gasteiger partial charge in [0.15, 0.2) is 0 Å². The van der Waals surface area contributed by atoms with Gasteiger partial charge >= 0.3 is 0 Å². The van der Waals surface area contributed by atoms with Gasteiger partial charge in [0.1, 0.15) is 0 Å². The van der Waals surface area contributed by atoms with Gasteiger partial charge in [-0.25, -0.2) is 0 Å². The van der Waals surface area contributed by atoms with Crippen LogP contribution in [0.2, 0.25) is 0 Å². The van der Waals surface area contributed by atoms with Crippen molar-refractivity contribution in [1.82, 2.24) is 0 Å². The smallest absolute Gasteiger partial charge is 0.0154 e. The van der Waals surface area contributed by atoms with Crippen molar-refractivity contribution in [1.29, 1.82) is 0 Å². The van der Waals surface area contributed by atoms with E-state index in [9.17, 15) is 0 Å². The van der Waals surface area contributed by atoms with Crippen molar-refractivity contribution in [3.05, 3.63) is 84.4 Å². The Hall–Kier alpha value is -1.56. The lowest BCUT2D eigenvalue weighted by atomic mass is 10.0. The van der Waals surface area contributed by atoms with E-state index in [4.69, 9.17) is 0 Å². The molecule has 3 aromatic rings. The normalized spacial score (nSPS) is 11.1. The zero-order chi connectivity index (χ0) is 14.5. The highest BCUT2D eigenvalue weighted by Gasteiger charge is 2.05. The van der Waals surface area contributed by atoms with Crippen LogP contribution in [0.1, 0.15) is 5.56 Å². The molecule has 0 radical (unpaired) electrons. The van der Waals surface area contributed by atoms with Crippen LogP contribution in [0, 0.1) is 0 Å². The minimum Gasteiger partial charge on any atom is -0.175 e. The van der Waals surface area contributed by atoms with Crippen LogP contribution in [0.3, 0.4) is 0 Å². The van der Waals surface area contributed by atoms with Crippen molar-refractivity contribution in [2.24, 2.45) is 0 Å². The highest BCUT2D eigenvalue weighted by Crippen LogP contribution is 2.24. The maximum Gasteiger partial charge on any atom is 0.0154 e. The number of hydrogen-bond acceptors (Lipinski definition) is 1. The van der Waals surface area contributed by atoms with E-state index >= 15 is 0 Å². The summed E-state index contributed by atoms with van der Waals surface area (Å²) in [6, 6.07) is 28.0. The van der Waals surface area contributed by atoms with Crippen LogP contribution in [-0.2, 0) is 5.75 Å². The van der Waals surface area contributed by atoms with Gasteiger partial charge in [0, 0.05) is 5.75 Å². The van der Waals surface area contributed by atoms with Gasteiger partial charge in [-0.3, -0.25) is 0 Å². The van der Waals surface area contributed by atoms with Gasteiger partial charge in [-0.15, -0.1) is 0 Å². The number of hydrogen-bond donors (Lipinski definition) is 1. The summed E-state index contributed by atoms with van der Waals surface area (Å²) >= 11 is 4.32. The topological polar surface area (TPSA) is 0 Å². The van der Waals surface area contributed by atoms with Gasteiger partial charge in [0.2, 0.25) is 0 Å². The first-order chi connectivity index (χ1) is 10.4. The molecule has 3 rings (SSSR count). The molecule has 0 amide bonds.